The highest BCUT2D eigenvalue weighted by Crippen LogP contribution is 2.39. The molecule has 1 saturated carbocycles. The Morgan fingerprint density at radius 3 is 2.03 bits per heavy atom. The van der Waals surface area contributed by atoms with Crippen LogP contribution in [0.1, 0.15) is 44.1 Å². The van der Waals surface area contributed by atoms with Gasteiger partial charge in [-0.1, -0.05) is 36.9 Å². The topological polar surface area (TPSA) is 27.7 Å². The SMILES string of the molecule is C=CCOc1ccc(OCC2CCC(c3ccc(-c4ccc(OCC)cc4)c(F)c3F)CC2)c(F)c1F. The van der Waals surface area contributed by atoms with Gasteiger partial charge in [-0.05, 0) is 79.8 Å². The van der Waals surface area contributed by atoms with Gasteiger partial charge in [0.05, 0.1) is 13.2 Å². The molecule has 0 radical (unpaired) electrons. The van der Waals surface area contributed by atoms with Gasteiger partial charge in [0.25, 0.3) is 0 Å². The van der Waals surface area contributed by atoms with Crippen molar-refractivity contribution in [3.05, 3.63) is 90.0 Å². The van der Waals surface area contributed by atoms with Crippen LogP contribution in [0, 0.1) is 29.2 Å². The Morgan fingerprint density at radius 2 is 1.41 bits per heavy atom. The third kappa shape index (κ3) is 6.09. The molecule has 0 amide bonds. The van der Waals surface area contributed by atoms with Gasteiger partial charge in [-0.25, -0.2) is 8.78 Å². The van der Waals surface area contributed by atoms with Crippen molar-refractivity contribution in [3.8, 4) is 28.4 Å². The molecule has 0 spiro atoms. The Labute approximate surface area is 214 Å². The minimum Gasteiger partial charge on any atom is -0.494 e. The van der Waals surface area contributed by atoms with Crippen LogP contribution in [0.2, 0.25) is 0 Å². The first kappa shape index (κ1) is 26.6. The van der Waals surface area contributed by atoms with Gasteiger partial charge in [0.15, 0.2) is 23.1 Å². The highest BCUT2D eigenvalue weighted by molar-refractivity contribution is 5.65. The first-order chi connectivity index (χ1) is 17.9. The van der Waals surface area contributed by atoms with Crippen LogP contribution in [0.15, 0.2) is 61.2 Å². The van der Waals surface area contributed by atoms with E-state index in [-0.39, 0.29) is 42.1 Å². The van der Waals surface area contributed by atoms with Crippen molar-refractivity contribution in [2.45, 2.75) is 38.5 Å². The molecule has 0 N–H and O–H groups in total. The summed E-state index contributed by atoms with van der Waals surface area (Å²) in [6.07, 6.45) is 4.15. The van der Waals surface area contributed by atoms with Crippen LogP contribution in [-0.4, -0.2) is 19.8 Å². The lowest BCUT2D eigenvalue weighted by Crippen LogP contribution is -2.20. The average molecular weight is 515 g/mol. The summed E-state index contributed by atoms with van der Waals surface area (Å²) >= 11 is 0. The van der Waals surface area contributed by atoms with Gasteiger partial charge < -0.3 is 14.2 Å². The van der Waals surface area contributed by atoms with Crippen LogP contribution < -0.4 is 14.2 Å². The van der Waals surface area contributed by atoms with Crippen LogP contribution in [-0.2, 0) is 0 Å². The third-order valence-electron chi connectivity index (χ3n) is 6.72. The first-order valence-electron chi connectivity index (χ1n) is 12.5. The molecular formula is C30H30F4O3. The smallest absolute Gasteiger partial charge is 0.204 e. The molecule has 0 bridgehead atoms. The van der Waals surface area contributed by atoms with Crippen LogP contribution in [0.25, 0.3) is 11.1 Å². The Balaban J connectivity index is 1.35. The zero-order chi connectivity index (χ0) is 26.4. The van der Waals surface area contributed by atoms with Crippen molar-refractivity contribution < 1.29 is 31.8 Å². The molecular weight excluding hydrogens is 484 g/mol. The lowest BCUT2D eigenvalue weighted by Gasteiger charge is -2.29. The summed E-state index contributed by atoms with van der Waals surface area (Å²) in [5, 5.41) is 0. The van der Waals surface area contributed by atoms with Crippen LogP contribution in [0.5, 0.6) is 17.2 Å². The Kier molecular flexibility index (Phi) is 8.74. The summed E-state index contributed by atoms with van der Waals surface area (Å²) in [5.74, 6) is -3.59. The minimum absolute atomic E-state index is 0.0641. The third-order valence-corrected chi connectivity index (χ3v) is 6.72. The van der Waals surface area contributed by atoms with E-state index in [9.17, 15) is 13.2 Å². The van der Waals surface area contributed by atoms with Gasteiger partial charge in [0, 0.05) is 5.56 Å². The molecule has 0 unspecified atom stereocenters. The molecule has 7 heteroatoms. The summed E-state index contributed by atoms with van der Waals surface area (Å²) < 4.78 is 74.6. The van der Waals surface area contributed by atoms with E-state index >= 15 is 4.39 Å². The molecule has 0 heterocycles. The second kappa shape index (κ2) is 12.2. The molecule has 0 aliphatic heterocycles. The summed E-state index contributed by atoms with van der Waals surface area (Å²) in [4.78, 5) is 0. The monoisotopic (exact) mass is 514 g/mol. The van der Waals surface area contributed by atoms with Crippen molar-refractivity contribution in [2.75, 3.05) is 19.8 Å². The number of ether oxygens (including phenoxy) is 3. The van der Waals surface area contributed by atoms with E-state index in [2.05, 4.69) is 6.58 Å². The van der Waals surface area contributed by atoms with Crippen LogP contribution >= 0.6 is 0 Å². The lowest BCUT2D eigenvalue weighted by atomic mass is 9.78. The second-order valence-corrected chi connectivity index (χ2v) is 9.11. The summed E-state index contributed by atoms with van der Waals surface area (Å²) in [6.45, 7) is 6.16. The molecule has 3 aromatic carbocycles. The molecule has 0 atom stereocenters. The summed E-state index contributed by atoms with van der Waals surface area (Å²) in [5.41, 5.74) is 1.16. The zero-order valence-electron chi connectivity index (χ0n) is 20.7. The number of halogens is 4. The molecule has 0 aromatic heterocycles. The quantitative estimate of drug-likeness (QED) is 0.202. The van der Waals surface area contributed by atoms with Crippen molar-refractivity contribution >= 4 is 0 Å². The maximum absolute atomic E-state index is 15.1. The van der Waals surface area contributed by atoms with Crippen molar-refractivity contribution in [3.63, 3.8) is 0 Å². The van der Waals surface area contributed by atoms with Crippen molar-refractivity contribution in [1.82, 2.24) is 0 Å². The molecule has 1 aliphatic rings. The molecule has 4 rings (SSSR count). The van der Waals surface area contributed by atoms with E-state index in [1.165, 1.54) is 18.2 Å². The van der Waals surface area contributed by atoms with E-state index in [1.54, 1.807) is 36.4 Å². The van der Waals surface area contributed by atoms with Gasteiger partial charge in [-0.2, -0.15) is 8.78 Å². The Hall–Kier alpha value is -3.48. The van der Waals surface area contributed by atoms with E-state index in [4.69, 9.17) is 14.2 Å². The number of benzene rings is 3. The average Bonchev–Trinajstić information content (AvgIpc) is 2.92. The maximum atomic E-state index is 15.1. The van der Waals surface area contributed by atoms with E-state index in [0.29, 0.717) is 49.2 Å². The standard InChI is InChI=1S/C30H30F4O3/c1-3-17-36-25-15-16-26(30(34)29(25)33)37-18-19-5-7-20(8-6-19)23-13-14-24(28(32)27(23)31)21-9-11-22(12-10-21)35-4-2/h3,9-16,19-20H,1,4-8,17-18H2,2H3. The van der Waals surface area contributed by atoms with Gasteiger partial charge >= 0.3 is 0 Å². The fourth-order valence-corrected chi connectivity index (χ4v) is 4.73. The summed E-state index contributed by atoms with van der Waals surface area (Å²) in [6, 6.07) is 12.8. The number of rotatable bonds is 10. The highest BCUT2D eigenvalue weighted by atomic mass is 19.2. The van der Waals surface area contributed by atoms with Crippen molar-refractivity contribution in [2.24, 2.45) is 5.92 Å². The van der Waals surface area contributed by atoms with Crippen LogP contribution in [0.3, 0.4) is 0 Å². The predicted octanol–water partition coefficient (Wildman–Crippen LogP) is 8.23. The molecule has 3 nitrogen and oxygen atoms in total. The van der Waals surface area contributed by atoms with Crippen molar-refractivity contribution in [1.29, 1.82) is 0 Å². The molecule has 1 aliphatic carbocycles. The molecule has 0 saturated heterocycles. The van der Waals surface area contributed by atoms with Gasteiger partial charge in [-0.15, -0.1) is 0 Å². The predicted molar refractivity (Wildman–Crippen MR) is 135 cm³/mol. The Morgan fingerprint density at radius 1 is 0.757 bits per heavy atom. The zero-order valence-corrected chi connectivity index (χ0v) is 20.7. The van der Waals surface area contributed by atoms with Gasteiger partial charge in [-0.3, -0.25) is 0 Å². The summed E-state index contributed by atoms with van der Waals surface area (Å²) in [7, 11) is 0. The highest BCUT2D eigenvalue weighted by Gasteiger charge is 2.27. The maximum Gasteiger partial charge on any atom is 0.204 e. The molecule has 37 heavy (non-hydrogen) atoms. The Bertz CT molecular complexity index is 1220. The number of hydrogen-bond acceptors (Lipinski definition) is 3. The fraction of sp³-hybridized carbons (Fsp3) is 0.333. The van der Waals surface area contributed by atoms with E-state index < -0.39 is 23.3 Å². The van der Waals surface area contributed by atoms with E-state index in [0.717, 1.165) is 0 Å². The first-order valence-corrected chi connectivity index (χ1v) is 12.5. The molecule has 1 fully saturated rings. The van der Waals surface area contributed by atoms with Crippen LogP contribution in [0.4, 0.5) is 17.6 Å². The van der Waals surface area contributed by atoms with Gasteiger partial charge in [0.1, 0.15) is 12.4 Å². The van der Waals surface area contributed by atoms with Gasteiger partial charge in [0.2, 0.25) is 11.6 Å². The van der Waals surface area contributed by atoms with E-state index in [1.807, 2.05) is 6.92 Å². The fourth-order valence-electron chi connectivity index (χ4n) is 4.73. The molecule has 3 aromatic rings. The minimum atomic E-state index is -1.10. The lowest BCUT2D eigenvalue weighted by molar-refractivity contribution is 0.191. The number of hydrogen-bond donors (Lipinski definition) is 0. The normalized spacial score (nSPS) is 17.3. The largest absolute Gasteiger partial charge is 0.494 e. The molecule has 196 valence electrons. The second-order valence-electron chi connectivity index (χ2n) is 9.11.